The number of nitrogens with one attached hydrogen (secondary N) is 1. The van der Waals surface area contributed by atoms with E-state index < -0.39 is 4.92 Å². The maximum absolute atomic E-state index is 10.9. The first-order valence-electron chi connectivity index (χ1n) is 5.42. The van der Waals surface area contributed by atoms with E-state index in [4.69, 9.17) is 10.00 Å². The molecule has 7 heteroatoms. The van der Waals surface area contributed by atoms with Gasteiger partial charge < -0.3 is 10.1 Å². The summed E-state index contributed by atoms with van der Waals surface area (Å²) in [6.07, 6.45) is 2.04. The van der Waals surface area contributed by atoms with Gasteiger partial charge in [-0.15, -0.1) is 0 Å². The Kier molecular flexibility index (Phi) is 5.02. The van der Waals surface area contributed by atoms with E-state index in [1.165, 1.54) is 12.3 Å². The van der Waals surface area contributed by atoms with Crippen LogP contribution < -0.4 is 5.32 Å². The Balaban J connectivity index is 3.01. The number of hydrogen-bond acceptors (Lipinski definition) is 6. The van der Waals surface area contributed by atoms with Gasteiger partial charge in [0.15, 0.2) is 0 Å². The van der Waals surface area contributed by atoms with Crippen LogP contribution in [0.1, 0.15) is 18.9 Å². The Hall–Kier alpha value is -2.20. The molecule has 1 atom stereocenters. The number of nitrogens with zero attached hydrogens (tertiary/aromatic N) is 3. The molecular weight excluding hydrogens is 236 g/mol. The van der Waals surface area contributed by atoms with Crippen LogP contribution >= 0.6 is 0 Å². The molecule has 0 radical (unpaired) electrons. The van der Waals surface area contributed by atoms with Crippen molar-refractivity contribution in [3.8, 4) is 6.07 Å². The Labute approximate surface area is 105 Å². The highest BCUT2D eigenvalue weighted by Gasteiger charge is 2.18. The topological polar surface area (TPSA) is 101 Å². The predicted octanol–water partition coefficient (Wildman–Crippen LogP) is 1.70. The van der Waals surface area contributed by atoms with Gasteiger partial charge in [-0.1, -0.05) is 6.92 Å². The van der Waals surface area contributed by atoms with Crippen molar-refractivity contribution in [1.29, 1.82) is 5.26 Å². The average Bonchev–Trinajstić information content (AvgIpc) is 2.38. The summed E-state index contributed by atoms with van der Waals surface area (Å²) >= 11 is 0. The SMILES string of the molecule is CCC(COC)Nc1ncc(C#N)cc1[N+](=O)[O-]. The number of aromatic nitrogens is 1. The minimum atomic E-state index is -0.560. The molecule has 0 fully saturated rings. The second kappa shape index (κ2) is 6.51. The van der Waals surface area contributed by atoms with Crippen molar-refractivity contribution in [2.75, 3.05) is 19.0 Å². The Morgan fingerprint density at radius 2 is 2.44 bits per heavy atom. The molecule has 0 saturated heterocycles. The van der Waals surface area contributed by atoms with E-state index >= 15 is 0 Å². The van der Waals surface area contributed by atoms with Crippen LogP contribution in [-0.4, -0.2) is 29.7 Å². The van der Waals surface area contributed by atoms with Crippen LogP contribution in [-0.2, 0) is 4.74 Å². The summed E-state index contributed by atoms with van der Waals surface area (Å²) in [5.41, 5.74) is -0.0457. The summed E-state index contributed by atoms with van der Waals surface area (Å²) in [6, 6.07) is 2.96. The molecule has 0 aromatic carbocycles. The molecule has 0 spiro atoms. The molecule has 1 heterocycles. The third kappa shape index (κ3) is 3.40. The second-order valence-electron chi connectivity index (χ2n) is 3.67. The minimum Gasteiger partial charge on any atom is -0.383 e. The predicted molar refractivity (Wildman–Crippen MR) is 65.2 cm³/mol. The summed E-state index contributed by atoms with van der Waals surface area (Å²) < 4.78 is 5.00. The summed E-state index contributed by atoms with van der Waals surface area (Å²) in [6.45, 7) is 2.36. The molecule has 0 aliphatic rings. The molecule has 1 aromatic heterocycles. The van der Waals surface area contributed by atoms with E-state index in [-0.39, 0.29) is 23.1 Å². The van der Waals surface area contributed by atoms with Crippen LogP contribution in [0.3, 0.4) is 0 Å². The summed E-state index contributed by atoms with van der Waals surface area (Å²) in [5.74, 6) is 0.155. The number of ether oxygens (including phenoxy) is 1. The van der Waals surface area contributed by atoms with Gasteiger partial charge in [-0.05, 0) is 6.42 Å². The van der Waals surface area contributed by atoms with E-state index in [1.54, 1.807) is 7.11 Å². The molecule has 1 aromatic rings. The van der Waals surface area contributed by atoms with Gasteiger partial charge in [0.2, 0.25) is 5.82 Å². The van der Waals surface area contributed by atoms with Crippen LogP contribution in [0.2, 0.25) is 0 Å². The Bertz CT molecular complexity index is 470. The fourth-order valence-electron chi connectivity index (χ4n) is 1.42. The normalized spacial score (nSPS) is 11.6. The van der Waals surface area contributed by atoms with Crippen molar-refractivity contribution >= 4 is 11.5 Å². The number of pyridine rings is 1. The standard InChI is InChI=1S/C11H14N4O3/c1-3-9(7-18-2)14-11-10(15(16)17)4-8(5-12)6-13-11/h4,6,9H,3,7H2,1-2H3,(H,13,14). The second-order valence-corrected chi connectivity index (χ2v) is 3.67. The van der Waals surface area contributed by atoms with Gasteiger partial charge in [0.05, 0.1) is 23.1 Å². The number of rotatable bonds is 6. The smallest absolute Gasteiger partial charge is 0.312 e. The number of nitro groups is 1. The molecule has 0 aliphatic heterocycles. The zero-order valence-corrected chi connectivity index (χ0v) is 10.2. The van der Waals surface area contributed by atoms with Gasteiger partial charge >= 0.3 is 5.69 Å². The Morgan fingerprint density at radius 3 is 2.94 bits per heavy atom. The van der Waals surface area contributed by atoms with E-state index in [1.807, 2.05) is 13.0 Å². The van der Waals surface area contributed by atoms with Gasteiger partial charge in [-0.3, -0.25) is 10.1 Å². The van der Waals surface area contributed by atoms with E-state index in [0.29, 0.717) is 6.61 Å². The summed E-state index contributed by atoms with van der Waals surface area (Å²) in [5, 5.41) is 22.5. The highest BCUT2D eigenvalue weighted by atomic mass is 16.6. The van der Waals surface area contributed by atoms with E-state index in [2.05, 4.69) is 10.3 Å². The highest BCUT2D eigenvalue weighted by Crippen LogP contribution is 2.23. The lowest BCUT2D eigenvalue weighted by molar-refractivity contribution is -0.384. The quantitative estimate of drug-likeness (QED) is 0.609. The van der Waals surface area contributed by atoms with Crippen molar-refractivity contribution in [2.45, 2.75) is 19.4 Å². The van der Waals surface area contributed by atoms with Crippen molar-refractivity contribution < 1.29 is 9.66 Å². The lowest BCUT2D eigenvalue weighted by Crippen LogP contribution is -2.25. The Morgan fingerprint density at radius 1 is 1.72 bits per heavy atom. The molecule has 96 valence electrons. The van der Waals surface area contributed by atoms with Crippen molar-refractivity contribution in [3.05, 3.63) is 27.9 Å². The molecule has 0 amide bonds. The summed E-state index contributed by atoms with van der Waals surface area (Å²) in [7, 11) is 1.56. The number of hydrogen-bond donors (Lipinski definition) is 1. The fourth-order valence-corrected chi connectivity index (χ4v) is 1.42. The van der Waals surface area contributed by atoms with Crippen LogP contribution in [0.25, 0.3) is 0 Å². The van der Waals surface area contributed by atoms with Crippen LogP contribution in [0.4, 0.5) is 11.5 Å². The minimum absolute atomic E-state index is 0.0610. The molecule has 7 nitrogen and oxygen atoms in total. The third-order valence-corrected chi connectivity index (χ3v) is 2.39. The lowest BCUT2D eigenvalue weighted by Gasteiger charge is -2.16. The zero-order valence-electron chi connectivity index (χ0n) is 10.2. The molecule has 1 unspecified atom stereocenters. The van der Waals surface area contributed by atoms with Crippen molar-refractivity contribution in [3.63, 3.8) is 0 Å². The van der Waals surface area contributed by atoms with Crippen LogP contribution in [0.15, 0.2) is 12.3 Å². The molecule has 1 rings (SSSR count). The van der Waals surface area contributed by atoms with Gasteiger partial charge in [0, 0.05) is 19.4 Å². The molecule has 0 saturated carbocycles. The maximum atomic E-state index is 10.9. The van der Waals surface area contributed by atoms with Crippen LogP contribution in [0, 0.1) is 21.4 Å². The first-order valence-corrected chi connectivity index (χ1v) is 5.42. The average molecular weight is 250 g/mol. The van der Waals surface area contributed by atoms with Crippen LogP contribution in [0.5, 0.6) is 0 Å². The number of methoxy groups -OCH3 is 1. The van der Waals surface area contributed by atoms with Gasteiger partial charge in [0.1, 0.15) is 6.07 Å². The molecular formula is C11H14N4O3. The van der Waals surface area contributed by atoms with Crippen molar-refractivity contribution in [2.24, 2.45) is 0 Å². The third-order valence-electron chi connectivity index (χ3n) is 2.39. The van der Waals surface area contributed by atoms with Gasteiger partial charge in [0.25, 0.3) is 0 Å². The molecule has 0 aliphatic carbocycles. The maximum Gasteiger partial charge on any atom is 0.312 e. The monoisotopic (exact) mass is 250 g/mol. The van der Waals surface area contributed by atoms with Gasteiger partial charge in [-0.2, -0.15) is 5.26 Å². The highest BCUT2D eigenvalue weighted by molar-refractivity contribution is 5.58. The molecule has 1 N–H and O–H groups in total. The first-order chi connectivity index (χ1) is 8.62. The lowest BCUT2D eigenvalue weighted by atomic mass is 10.2. The molecule has 18 heavy (non-hydrogen) atoms. The van der Waals surface area contributed by atoms with E-state index in [9.17, 15) is 10.1 Å². The largest absolute Gasteiger partial charge is 0.383 e. The van der Waals surface area contributed by atoms with E-state index in [0.717, 1.165) is 6.42 Å². The van der Waals surface area contributed by atoms with Gasteiger partial charge in [-0.25, -0.2) is 4.98 Å². The van der Waals surface area contributed by atoms with Crippen molar-refractivity contribution in [1.82, 2.24) is 4.98 Å². The summed E-state index contributed by atoms with van der Waals surface area (Å²) in [4.78, 5) is 14.3. The first kappa shape index (κ1) is 13.9. The fraction of sp³-hybridized carbons (Fsp3) is 0.455. The molecule has 0 bridgehead atoms. The number of anilines is 1. The zero-order chi connectivity index (χ0) is 13.5. The number of nitriles is 1.